The number of hydrogen-bond acceptors (Lipinski definition) is 4. The van der Waals surface area contributed by atoms with Crippen molar-refractivity contribution in [2.24, 2.45) is 5.73 Å². The highest BCUT2D eigenvalue weighted by Gasteiger charge is 2.29. The van der Waals surface area contributed by atoms with Crippen LogP contribution in [0, 0.1) is 5.82 Å². The van der Waals surface area contributed by atoms with Crippen molar-refractivity contribution < 1.29 is 18.7 Å². The zero-order chi connectivity index (χ0) is 12.4. The van der Waals surface area contributed by atoms with Gasteiger partial charge < -0.3 is 15.2 Å². The lowest BCUT2D eigenvalue weighted by molar-refractivity contribution is -0.143. The van der Waals surface area contributed by atoms with Crippen LogP contribution in [0.4, 0.5) is 4.39 Å². The monoisotopic (exact) mass is 239 g/mol. The zero-order valence-electron chi connectivity index (χ0n) is 9.48. The van der Waals surface area contributed by atoms with Crippen LogP contribution in [0.2, 0.25) is 0 Å². The molecule has 1 saturated heterocycles. The number of halogens is 1. The maximum Gasteiger partial charge on any atom is 0.347 e. The Morgan fingerprint density at radius 2 is 2.35 bits per heavy atom. The van der Waals surface area contributed by atoms with Crippen molar-refractivity contribution in [2.45, 2.75) is 25.5 Å². The van der Waals surface area contributed by atoms with Crippen LogP contribution < -0.4 is 10.5 Å². The highest BCUT2D eigenvalue weighted by Crippen LogP contribution is 2.27. The van der Waals surface area contributed by atoms with Crippen LogP contribution in [0.15, 0.2) is 18.2 Å². The quantitative estimate of drug-likeness (QED) is 0.813. The minimum absolute atomic E-state index is 0.359. The fourth-order valence-corrected chi connectivity index (χ4v) is 1.72. The average Bonchev–Trinajstić information content (AvgIpc) is 2.67. The van der Waals surface area contributed by atoms with Gasteiger partial charge in [0.05, 0.1) is 6.61 Å². The first-order valence-corrected chi connectivity index (χ1v) is 5.46. The van der Waals surface area contributed by atoms with E-state index < -0.39 is 6.10 Å². The molecule has 2 rings (SSSR count). The lowest BCUT2D eigenvalue weighted by Crippen LogP contribution is -2.23. The number of ether oxygens (including phenoxy) is 2. The Balaban J connectivity index is 2.22. The van der Waals surface area contributed by atoms with Crippen molar-refractivity contribution in [1.82, 2.24) is 0 Å². The molecule has 2 atom stereocenters. The molecule has 0 bridgehead atoms. The standard InChI is InChI=1S/C12H14FNO3/c1-7(14)9-6-8(13)2-3-10(9)17-11-4-5-16-12(11)15/h2-3,6-7,11H,4-5,14H2,1H3. The predicted octanol–water partition coefficient (Wildman–Crippen LogP) is 1.54. The van der Waals surface area contributed by atoms with E-state index in [4.69, 9.17) is 15.2 Å². The predicted molar refractivity (Wildman–Crippen MR) is 59.0 cm³/mol. The van der Waals surface area contributed by atoms with Gasteiger partial charge in [0.1, 0.15) is 11.6 Å². The van der Waals surface area contributed by atoms with Crippen molar-refractivity contribution in [3.05, 3.63) is 29.6 Å². The first-order valence-electron chi connectivity index (χ1n) is 5.46. The maximum atomic E-state index is 13.1. The van der Waals surface area contributed by atoms with Crippen molar-refractivity contribution >= 4 is 5.97 Å². The highest BCUT2D eigenvalue weighted by molar-refractivity contribution is 5.76. The molecule has 0 spiro atoms. The topological polar surface area (TPSA) is 61.6 Å². The lowest BCUT2D eigenvalue weighted by Gasteiger charge is -2.16. The lowest BCUT2D eigenvalue weighted by atomic mass is 10.1. The molecule has 1 fully saturated rings. The normalized spacial score (nSPS) is 21.1. The van der Waals surface area contributed by atoms with Crippen LogP contribution in [0.25, 0.3) is 0 Å². The summed E-state index contributed by atoms with van der Waals surface area (Å²) in [5.74, 6) is -0.325. The van der Waals surface area contributed by atoms with E-state index in [2.05, 4.69) is 0 Å². The molecule has 0 aromatic heterocycles. The molecule has 1 aliphatic rings. The molecule has 2 unspecified atom stereocenters. The van der Waals surface area contributed by atoms with Crippen LogP contribution in [-0.2, 0) is 9.53 Å². The second kappa shape index (κ2) is 4.71. The second-order valence-electron chi connectivity index (χ2n) is 4.03. The Hall–Kier alpha value is -1.62. The minimum Gasteiger partial charge on any atom is -0.478 e. The summed E-state index contributed by atoms with van der Waals surface area (Å²) >= 11 is 0. The Labute approximate surface area is 98.5 Å². The summed E-state index contributed by atoms with van der Waals surface area (Å²) in [6, 6.07) is 3.72. The molecule has 0 radical (unpaired) electrons. The van der Waals surface area contributed by atoms with E-state index in [1.807, 2.05) is 0 Å². The molecule has 4 nitrogen and oxygen atoms in total. The Morgan fingerprint density at radius 3 is 2.94 bits per heavy atom. The molecular formula is C12H14FNO3. The average molecular weight is 239 g/mol. The van der Waals surface area contributed by atoms with Gasteiger partial charge in [0.2, 0.25) is 0 Å². The summed E-state index contributed by atoms with van der Waals surface area (Å²) < 4.78 is 23.4. The summed E-state index contributed by atoms with van der Waals surface area (Å²) in [7, 11) is 0. The van der Waals surface area contributed by atoms with Gasteiger partial charge in [0, 0.05) is 18.0 Å². The van der Waals surface area contributed by atoms with Crippen molar-refractivity contribution in [3.8, 4) is 5.75 Å². The SMILES string of the molecule is CC(N)c1cc(F)ccc1OC1CCOC1=O. The largest absolute Gasteiger partial charge is 0.478 e. The minimum atomic E-state index is -0.613. The first-order chi connectivity index (χ1) is 8.08. The summed E-state index contributed by atoms with van der Waals surface area (Å²) in [5.41, 5.74) is 6.28. The summed E-state index contributed by atoms with van der Waals surface area (Å²) in [4.78, 5) is 11.3. The molecule has 17 heavy (non-hydrogen) atoms. The molecule has 1 aromatic carbocycles. The fourth-order valence-electron chi connectivity index (χ4n) is 1.72. The number of nitrogens with two attached hydrogens (primary N) is 1. The van der Waals surface area contributed by atoms with E-state index in [1.54, 1.807) is 6.92 Å². The van der Waals surface area contributed by atoms with Crippen molar-refractivity contribution in [1.29, 1.82) is 0 Å². The molecule has 0 saturated carbocycles. The third-order valence-electron chi connectivity index (χ3n) is 2.62. The number of hydrogen-bond donors (Lipinski definition) is 1. The summed E-state index contributed by atoms with van der Waals surface area (Å²) in [6.45, 7) is 2.09. The first kappa shape index (κ1) is 11.9. The van der Waals surface area contributed by atoms with Gasteiger partial charge >= 0.3 is 5.97 Å². The molecule has 1 heterocycles. The maximum absolute atomic E-state index is 13.1. The van der Waals surface area contributed by atoms with Gasteiger partial charge in [-0.25, -0.2) is 9.18 Å². The highest BCUT2D eigenvalue weighted by atomic mass is 19.1. The zero-order valence-corrected chi connectivity index (χ0v) is 9.48. The van der Waals surface area contributed by atoms with Gasteiger partial charge in [-0.15, -0.1) is 0 Å². The van der Waals surface area contributed by atoms with Crippen LogP contribution in [0.5, 0.6) is 5.75 Å². The molecule has 92 valence electrons. The van der Waals surface area contributed by atoms with Crippen LogP contribution in [0.1, 0.15) is 24.9 Å². The van der Waals surface area contributed by atoms with Gasteiger partial charge in [-0.05, 0) is 25.1 Å². The van der Waals surface area contributed by atoms with Crippen LogP contribution >= 0.6 is 0 Å². The fraction of sp³-hybridized carbons (Fsp3) is 0.417. The summed E-state index contributed by atoms with van der Waals surface area (Å²) in [6.07, 6.45) is -0.104. The van der Waals surface area contributed by atoms with Crippen molar-refractivity contribution in [3.63, 3.8) is 0 Å². The summed E-state index contributed by atoms with van der Waals surface area (Å²) in [5, 5.41) is 0. The molecular weight excluding hydrogens is 225 g/mol. The molecule has 0 amide bonds. The van der Waals surface area contributed by atoms with Crippen LogP contribution in [0.3, 0.4) is 0 Å². The molecule has 0 aliphatic carbocycles. The third-order valence-corrected chi connectivity index (χ3v) is 2.62. The molecule has 1 aromatic rings. The van der Waals surface area contributed by atoms with Gasteiger partial charge in [-0.1, -0.05) is 0 Å². The van der Waals surface area contributed by atoms with E-state index in [-0.39, 0.29) is 17.8 Å². The number of carbonyl (C=O) groups is 1. The van der Waals surface area contributed by atoms with E-state index in [0.717, 1.165) is 0 Å². The Bertz CT molecular complexity index is 434. The number of cyclic esters (lactones) is 1. The molecule has 5 heteroatoms. The van der Waals surface area contributed by atoms with Crippen molar-refractivity contribution in [2.75, 3.05) is 6.61 Å². The Morgan fingerprint density at radius 1 is 1.59 bits per heavy atom. The van der Waals surface area contributed by atoms with E-state index in [1.165, 1.54) is 18.2 Å². The molecule has 1 aliphatic heterocycles. The van der Waals surface area contributed by atoms with E-state index in [9.17, 15) is 9.18 Å². The van der Waals surface area contributed by atoms with Gasteiger partial charge in [-0.3, -0.25) is 0 Å². The number of carbonyl (C=O) groups excluding carboxylic acids is 1. The van der Waals surface area contributed by atoms with Crippen LogP contribution in [-0.4, -0.2) is 18.7 Å². The van der Waals surface area contributed by atoms with Gasteiger partial charge in [0.15, 0.2) is 6.10 Å². The number of esters is 1. The number of benzene rings is 1. The van der Waals surface area contributed by atoms with E-state index in [0.29, 0.717) is 24.3 Å². The van der Waals surface area contributed by atoms with Gasteiger partial charge in [0.25, 0.3) is 0 Å². The second-order valence-corrected chi connectivity index (χ2v) is 4.03. The number of rotatable bonds is 3. The Kier molecular flexibility index (Phi) is 3.28. The van der Waals surface area contributed by atoms with E-state index >= 15 is 0 Å². The van der Waals surface area contributed by atoms with Gasteiger partial charge in [-0.2, -0.15) is 0 Å². The molecule has 2 N–H and O–H groups in total. The smallest absolute Gasteiger partial charge is 0.347 e. The third kappa shape index (κ3) is 2.55.